The zero-order chi connectivity index (χ0) is 23.6. The molecule has 4 rings (SSSR count). The summed E-state index contributed by atoms with van der Waals surface area (Å²) in [6.45, 7) is 1.69. The van der Waals surface area contributed by atoms with E-state index >= 15 is 0 Å². The molecule has 174 valence electrons. The average Bonchev–Trinajstić information content (AvgIpc) is 2.77. The molecular weight excluding hydrogens is 432 g/mol. The molecule has 1 atom stereocenters. The summed E-state index contributed by atoms with van der Waals surface area (Å²) >= 11 is 0. The molecule has 2 heterocycles. The summed E-state index contributed by atoms with van der Waals surface area (Å²) in [7, 11) is 4.93. The lowest BCUT2D eigenvalue weighted by molar-refractivity contribution is -0.192. The van der Waals surface area contributed by atoms with Gasteiger partial charge >= 0.3 is 12.1 Å². The standard InChI is InChI=1S/C20H23NO4.C2HF3O2/c1-23-17-5-4-12-8-16-14-10-19(25-3)18(24-2)9-13(14)6-7-21(16)11-15(12)20(17)22;3-2(4,5)1(6)7/h4-5,9-10,16,22H,6-8,11H2,1-3H3;(H,6,7)/t16-;/m1./s1/i11+1;. The number of fused-ring (bicyclic) bond motifs is 4. The summed E-state index contributed by atoms with van der Waals surface area (Å²) in [6, 6.07) is 8.43. The van der Waals surface area contributed by atoms with Crippen molar-refractivity contribution in [3.8, 4) is 23.0 Å². The Balaban J connectivity index is 0.000000360. The summed E-state index contributed by atoms with van der Waals surface area (Å²) in [5, 5.41) is 17.6. The molecule has 2 aliphatic rings. The van der Waals surface area contributed by atoms with Crippen LogP contribution < -0.4 is 14.2 Å². The second kappa shape index (κ2) is 9.15. The molecule has 0 amide bonds. The molecular formula is C22H24F3NO6. The molecule has 0 radical (unpaired) electrons. The molecule has 2 aliphatic heterocycles. The van der Waals surface area contributed by atoms with E-state index in [-0.39, 0.29) is 5.75 Å². The van der Waals surface area contributed by atoms with Crippen LogP contribution in [0.1, 0.15) is 28.3 Å². The van der Waals surface area contributed by atoms with Crippen molar-refractivity contribution in [1.29, 1.82) is 0 Å². The van der Waals surface area contributed by atoms with Crippen molar-refractivity contribution < 1.29 is 42.4 Å². The lowest BCUT2D eigenvalue weighted by Gasteiger charge is -2.41. The molecule has 10 heteroatoms. The first kappa shape index (κ1) is 23.5. The molecule has 0 aromatic heterocycles. The summed E-state index contributed by atoms with van der Waals surface area (Å²) in [6.07, 6.45) is -3.25. The van der Waals surface area contributed by atoms with E-state index in [9.17, 15) is 18.3 Å². The number of hydrogen-bond acceptors (Lipinski definition) is 6. The predicted molar refractivity (Wildman–Crippen MR) is 108 cm³/mol. The summed E-state index contributed by atoms with van der Waals surface area (Å²) in [5.41, 5.74) is 4.78. The van der Waals surface area contributed by atoms with Gasteiger partial charge in [0.1, 0.15) is 0 Å². The number of aromatic hydroxyl groups is 1. The molecule has 0 spiro atoms. The Morgan fingerprint density at radius 2 is 1.62 bits per heavy atom. The van der Waals surface area contributed by atoms with Crippen molar-refractivity contribution in [1.82, 2.24) is 4.90 Å². The summed E-state index contributed by atoms with van der Waals surface area (Å²) in [4.78, 5) is 11.3. The number of alkyl halides is 3. The van der Waals surface area contributed by atoms with E-state index in [0.29, 0.717) is 11.8 Å². The summed E-state index contributed by atoms with van der Waals surface area (Å²) in [5.74, 6) is -0.384. The number of hydrogen-bond donors (Lipinski definition) is 2. The van der Waals surface area contributed by atoms with Crippen molar-refractivity contribution in [3.63, 3.8) is 0 Å². The third-order valence-corrected chi connectivity index (χ3v) is 5.69. The van der Waals surface area contributed by atoms with Crippen molar-refractivity contribution in [3.05, 3.63) is 46.5 Å². The zero-order valence-electron chi connectivity index (χ0n) is 17.8. The molecule has 0 fully saturated rings. The highest BCUT2D eigenvalue weighted by molar-refractivity contribution is 5.73. The number of carboxylic acids is 1. The van der Waals surface area contributed by atoms with Gasteiger partial charge in [-0.15, -0.1) is 0 Å². The van der Waals surface area contributed by atoms with Gasteiger partial charge in [0.25, 0.3) is 0 Å². The van der Waals surface area contributed by atoms with Gasteiger partial charge in [0.2, 0.25) is 0 Å². The van der Waals surface area contributed by atoms with E-state index in [4.69, 9.17) is 24.1 Å². The number of rotatable bonds is 3. The number of nitrogens with zero attached hydrogens (tertiary/aromatic N) is 1. The Morgan fingerprint density at radius 1 is 1.03 bits per heavy atom. The second-order valence-electron chi connectivity index (χ2n) is 7.40. The Morgan fingerprint density at radius 3 is 2.19 bits per heavy atom. The molecule has 2 aromatic rings. The highest BCUT2D eigenvalue weighted by Gasteiger charge is 2.38. The van der Waals surface area contributed by atoms with Crippen LogP contribution in [0.5, 0.6) is 23.0 Å². The molecule has 32 heavy (non-hydrogen) atoms. The van der Waals surface area contributed by atoms with Crippen LogP contribution in [0, 0.1) is 0 Å². The first-order valence-electron chi connectivity index (χ1n) is 9.77. The minimum atomic E-state index is -5.08. The maximum Gasteiger partial charge on any atom is 0.490 e. The number of phenols is 1. The van der Waals surface area contributed by atoms with Gasteiger partial charge in [-0.05, 0) is 47.7 Å². The van der Waals surface area contributed by atoms with E-state index < -0.39 is 12.1 Å². The first-order valence-corrected chi connectivity index (χ1v) is 9.77. The van der Waals surface area contributed by atoms with Crippen LogP contribution in [0.15, 0.2) is 24.3 Å². The Hall–Kier alpha value is -3.14. The number of benzene rings is 2. The molecule has 2 N–H and O–H groups in total. The smallest absolute Gasteiger partial charge is 0.490 e. The number of phenolic OH excluding ortho intramolecular Hbond substituents is 1. The normalized spacial score (nSPS) is 17.1. The summed E-state index contributed by atoms with van der Waals surface area (Å²) < 4.78 is 47.9. The SMILES string of the molecule is COc1cc2c(cc1OC)[C@H]1Cc3ccc(OC)c(O)c3[13CH2]N1CC2.O=C(O)C(F)(F)F. The third kappa shape index (κ3) is 4.55. The lowest BCUT2D eigenvalue weighted by Crippen LogP contribution is -2.39. The van der Waals surface area contributed by atoms with Gasteiger partial charge in [-0.2, -0.15) is 13.2 Å². The fraction of sp³-hybridized carbons (Fsp3) is 0.409. The lowest BCUT2D eigenvalue weighted by atomic mass is 9.86. The molecule has 7 nitrogen and oxygen atoms in total. The van der Waals surface area contributed by atoms with Crippen molar-refractivity contribution >= 4 is 5.97 Å². The van der Waals surface area contributed by atoms with Crippen LogP contribution in [0.25, 0.3) is 0 Å². The highest BCUT2D eigenvalue weighted by atomic mass is 19.4. The molecule has 2 aromatic carbocycles. The minimum Gasteiger partial charge on any atom is -0.504 e. The van der Waals surface area contributed by atoms with Crippen molar-refractivity contribution in [2.45, 2.75) is 31.6 Å². The van der Waals surface area contributed by atoms with Crippen LogP contribution in [-0.4, -0.2) is 55.1 Å². The van der Waals surface area contributed by atoms with E-state index in [1.165, 1.54) is 16.7 Å². The monoisotopic (exact) mass is 456 g/mol. The fourth-order valence-corrected chi connectivity index (χ4v) is 4.11. The Kier molecular flexibility index (Phi) is 6.73. The Labute approximate surface area is 182 Å². The van der Waals surface area contributed by atoms with Crippen LogP contribution in [-0.2, 0) is 24.2 Å². The van der Waals surface area contributed by atoms with Crippen LogP contribution in [0.2, 0.25) is 0 Å². The minimum absolute atomic E-state index is 0.275. The number of methoxy groups -OCH3 is 3. The third-order valence-electron chi connectivity index (χ3n) is 5.69. The Bertz CT molecular complexity index is 1010. The predicted octanol–water partition coefficient (Wildman–Crippen LogP) is 3.71. The molecule has 0 bridgehead atoms. The second-order valence-corrected chi connectivity index (χ2v) is 7.40. The van der Waals surface area contributed by atoms with E-state index in [0.717, 1.165) is 43.0 Å². The topological polar surface area (TPSA) is 88.5 Å². The largest absolute Gasteiger partial charge is 0.504 e. The highest BCUT2D eigenvalue weighted by Crippen LogP contribution is 2.45. The number of carbonyl (C=O) groups is 1. The zero-order valence-corrected chi connectivity index (χ0v) is 17.8. The molecule has 0 aliphatic carbocycles. The average molecular weight is 456 g/mol. The van der Waals surface area contributed by atoms with Gasteiger partial charge in [0.15, 0.2) is 23.0 Å². The van der Waals surface area contributed by atoms with Crippen molar-refractivity contribution in [2.24, 2.45) is 0 Å². The van der Waals surface area contributed by atoms with Gasteiger partial charge < -0.3 is 24.4 Å². The van der Waals surface area contributed by atoms with E-state index in [1.807, 2.05) is 6.07 Å². The van der Waals surface area contributed by atoms with Crippen LogP contribution >= 0.6 is 0 Å². The van der Waals surface area contributed by atoms with Gasteiger partial charge in [0, 0.05) is 24.7 Å². The maximum absolute atomic E-state index is 10.6. The van der Waals surface area contributed by atoms with Gasteiger partial charge in [-0.1, -0.05) is 6.07 Å². The first-order chi connectivity index (χ1) is 15.1. The van der Waals surface area contributed by atoms with E-state index in [2.05, 4.69) is 23.1 Å². The van der Waals surface area contributed by atoms with Crippen LogP contribution in [0.4, 0.5) is 13.2 Å². The maximum atomic E-state index is 10.6. The molecule has 0 unspecified atom stereocenters. The molecule has 0 saturated carbocycles. The van der Waals surface area contributed by atoms with Gasteiger partial charge in [-0.3, -0.25) is 4.90 Å². The number of aliphatic carboxylic acids is 1. The van der Waals surface area contributed by atoms with Gasteiger partial charge in [-0.25, -0.2) is 4.79 Å². The number of carboxylic acid groups (broad SMARTS) is 1. The van der Waals surface area contributed by atoms with E-state index in [1.54, 1.807) is 21.3 Å². The molecule has 0 saturated heterocycles. The van der Waals surface area contributed by atoms with Crippen LogP contribution in [0.3, 0.4) is 0 Å². The van der Waals surface area contributed by atoms with Crippen molar-refractivity contribution in [2.75, 3.05) is 27.9 Å². The fourth-order valence-electron chi connectivity index (χ4n) is 4.11. The van der Waals surface area contributed by atoms with Gasteiger partial charge in [0.05, 0.1) is 21.3 Å². The number of halogens is 3. The number of ether oxygens (including phenoxy) is 3. The quantitative estimate of drug-likeness (QED) is 0.681.